The second-order valence-corrected chi connectivity index (χ2v) is 3.85. The number of hydrogen-bond donors (Lipinski definition) is 1. The molecule has 0 unspecified atom stereocenters. The average molecular weight is 258 g/mol. The number of carbonyl (C=O) groups excluding carboxylic acids is 1. The van der Waals surface area contributed by atoms with Crippen LogP contribution in [0.2, 0.25) is 0 Å². The van der Waals surface area contributed by atoms with Gasteiger partial charge in [-0.1, -0.05) is 6.92 Å². The van der Waals surface area contributed by atoms with Gasteiger partial charge in [0.25, 0.3) is 5.24 Å². The van der Waals surface area contributed by atoms with E-state index in [9.17, 15) is 4.79 Å². The zero-order valence-electron chi connectivity index (χ0n) is 9.73. The van der Waals surface area contributed by atoms with E-state index in [2.05, 4.69) is 0 Å². The maximum atomic E-state index is 10.8. The third-order valence-electron chi connectivity index (χ3n) is 2.36. The fraction of sp³-hybridized carbons (Fsp3) is 0.417. The summed E-state index contributed by atoms with van der Waals surface area (Å²) < 4.78 is 5.51. The molecular weight excluding hydrogens is 242 g/mol. The second-order valence-electron chi connectivity index (χ2n) is 3.51. The van der Waals surface area contributed by atoms with Crippen molar-refractivity contribution < 1.29 is 14.6 Å². The highest BCUT2D eigenvalue weighted by molar-refractivity contribution is 6.67. The number of likely N-dealkylation sites (N-methyl/N-ethyl adjacent to an activating group) is 1. The highest BCUT2D eigenvalue weighted by Gasteiger charge is 2.04. The summed E-state index contributed by atoms with van der Waals surface area (Å²) in [5, 5.41) is 8.33. The minimum atomic E-state index is -0.480. The molecule has 0 aromatic heterocycles. The van der Waals surface area contributed by atoms with Crippen LogP contribution in [0.4, 0.5) is 0 Å². The molecule has 0 fully saturated rings. The first-order valence-electron chi connectivity index (χ1n) is 5.43. The van der Waals surface area contributed by atoms with Crippen LogP contribution < -0.4 is 4.74 Å². The molecule has 5 heteroatoms. The van der Waals surface area contributed by atoms with Gasteiger partial charge in [-0.15, -0.1) is 0 Å². The Morgan fingerprint density at radius 2 is 2.06 bits per heavy atom. The predicted molar refractivity (Wildman–Crippen MR) is 66.5 cm³/mol. The Hall–Kier alpha value is -1.10. The number of aliphatic hydroxyl groups excluding tert-OH is 1. The number of ether oxygens (including phenoxy) is 1. The largest absolute Gasteiger partial charge is 0.478 e. The summed E-state index contributed by atoms with van der Waals surface area (Å²) in [5.41, 5.74) is 0.446. The number of halogens is 1. The molecule has 0 heterocycles. The Bertz CT molecular complexity index is 353. The van der Waals surface area contributed by atoms with Crippen molar-refractivity contribution in [2.24, 2.45) is 0 Å². The quantitative estimate of drug-likeness (QED) is 0.597. The van der Waals surface area contributed by atoms with Crippen LogP contribution >= 0.6 is 11.6 Å². The Balaban J connectivity index is 2.48. The minimum Gasteiger partial charge on any atom is -0.478 e. The summed E-state index contributed by atoms with van der Waals surface area (Å²) >= 11 is 5.33. The van der Waals surface area contributed by atoms with Gasteiger partial charge in [0.1, 0.15) is 12.5 Å². The molecule has 17 heavy (non-hydrogen) atoms. The van der Waals surface area contributed by atoms with Crippen molar-refractivity contribution in [2.75, 3.05) is 26.4 Å². The van der Waals surface area contributed by atoms with E-state index in [0.29, 0.717) is 24.6 Å². The van der Waals surface area contributed by atoms with Crippen molar-refractivity contribution in [3.63, 3.8) is 0 Å². The van der Waals surface area contributed by atoms with E-state index in [4.69, 9.17) is 21.4 Å². The first-order chi connectivity index (χ1) is 8.17. The van der Waals surface area contributed by atoms with Crippen molar-refractivity contribution >= 4 is 16.8 Å². The molecule has 4 nitrogen and oxygen atoms in total. The fourth-order valence-corrected chi connectivity index (χ4v) is 1.43. The van der Waals surface area contributed by atoms with Gasteiger partial charge < -0.3 is 9.84 Å². The van der Waals surface area contributed by atoms with Crippen molar-refractivity contribution in [3.05, 3.63) is 29.8 Å². The van der Waals surface area contributed by atoms with Crippen molar-refractivity contribution in [1.82, 2.24) is 4.90 Å². The molecule has 0 aliphatic heterocycles. The van der Waals surface area contributed by atoms with Crippen LogP contribution in [0.3, 0.4) is 0 Å². The number of nitrogens with zero attached hydrogens (tertiary/aromatic N) is 1. The van der Waals surface area contributed by atoms with Crippen molar-refractivity contribution in [1.29, 1.82) is 0 Å². The topological polar surface area (TPSA) is 49.8 Å². The van der Waals surface area contributed by atoms with Gasteiger partial charge in [0, 0.05) is 12.1 Å². The number of hydrogen-bond acceptors (Lipinski definition) is 4. The first kappa shape index (κ1) is 14.0. The van der Waals surface area contributed by atoms with Gasteiger partial charge in [-0.3, -0.25) is 9.69 Å². The highest BCUT2D eigenvalue weighted by Crippen LogP contribution is 2.13. The molecular formula is C12H16ClNO3. The van der Waals surface area contributed by atoms with Gasteiger partial charge >= 0.3 is 0 Å². The van der Waals surface area contributed by atoms with Crippen LogP contribution in [0.25, 0.3) is 0 Å². The lowest BCUT2D eigenvalue weighted by molar-refractivity contribution is 0.107. The number of carbonyl (C=O) groups is 1. The van der Waals surface area contributed by atoms with Crippen LogP contribution in [0.5, 0.6) is 5.75 Å². The molecule has 0 aliphatic rings. The molecule has 0 saturated heterocycles. The van der Waals surface area contributed by atoms with Gasteiger partial charge in [0.15, 0.2) is 0 Å². The molecule has 1 N–H and O–H groups in total. The zero-order chi connectivity index (χ0) is 12.7. The van der Waals surface area contributed by atoms with E-state index in [1.807, 2.05) is 11.8 Å². The van der Waals surface area contributed by atoms with Gasteiger partial charge in [-0.25, -0.2) is 0 Å². The van der Waals surface area contributed by atoms with Crippen LogP contribution in [-0.4, -0.2) is 41.7 Å². The molecule has 0 saturated carbocycles. The second kappa shape index (κ2) is 7.27. The molecule has 1 aromatic carbocycles. The molecule has 0 bridgehead atoms. The van der Waals surface area contributed by atoms with Gasteiger partial charge in [0.2, 0.25) is 0 Å². The predicted octanol–water partition coefficient (Wildman–Crippen LogP) is 1.72. The zero-order valence-corrected chi connectivity index (χ0v) is 10.5. The van der Waals surface area contributed by atoms with E-state index in [-0.39, 0.29) is 6.61 Å². The Kier molecular flexibility index (Phi) is 5.97. The van der Waals surface area contributed by atoms with Crippen LogP contribution in [0.15, 0.2) is 24.3 Å². The van der Waals surface area contributed by atoms with E-state index < -0.39 is 5.24 Å². The van der Waals surface area contributed by atoms with Gasteiger partial charge in [-0.2, -0.15) is 0 Å². The molecule has 0 aliphatic carbocycles. The fourth-order valence-electron chi connectivity index (χ4n) is 1.30. The smallest absolute Gasteiger partial charge is 0.252 e. The molecule has 1 rings (SSSR count). The molecule has 94 valence electrons. The lowest BCUT2D eigenvalue weighted by Crippen LogP contribution is -2.30. The average Bonchev–Trinajstić information content (AvgIpc) is 2.35. The van der Waals surface area contributed by atoms with Crippen molar-refractivity contribution in [3.8, 4) is 5.75 Å². The Morgan fingerprint density at radius 1 is 1.41 bits per heavy atom. The third kappa shape index (κ3) is 4.73. The van der Waals surface area contributed by atoms with Crippen LogP contribution in [0, 0.1) is 0 Å². The number of benzene rings is 1. The Morgan fingerprint density at radius 3 is 2.53 bits per heavy atom. The lowest BCUT2D eigenvalue weighted by atomic mass is 10.2. The summed E-state index contributed by atoms with van der Waals surface area (Å²) in [6.07, 6.45) is 0. The molecule has 0 atom stereocenters. The lowest BCUT2D eigenvalue weighted by Gasteiger charge is -2.19. The maximum Gasteiger partial charge on any atom is 0.252 e. The maximum absolute atomic E-state index is 10.8. The first-order valence-corrected chi connectivity index (χ1v) is 5.81. The van der Waals surface area contributed by atoms with Crippen LogP contribution in [-0.2, 0) is 0 Å². The summed E-state index contributed by atoms with van der Waals surface area (Å²) in [5.74, 6) is 0.669. The molecule has 0 radical (unpaired) electrons. The SMILES string of the molecule is CCN(CCO)COc1ccc(C(=O)Cl)cc1. The highest BCUT2D eigenvalue weighted by atomic mass is 35.5. The normalized spacial score (nSPS) is 10.6. The number of aliphatic hydroxyl groups is 1. The van der Waals surface area contributed by atoms with Gasteiger partial charge in [-0.05, 0) is 42.4 Å². The number of rotatable bonds is 7. The van der Waals surface area contributed by atoms with E-state index in [1.165, 1.54) is 0 Å². The summed E-state index contributed by atoms with van der Waals surface area (Å²) in [7, 11) is 0. The molecule has 0 spiro atoms. The summed E-state index contributed by atoms with van der Waals surface area (Å²) in [6, 6.07) is 6.63. The van der Waals surface area contributed by atoms with E-state index >= 15 is 0 Å². The summed E-state index contributed by atoms with van der Waals surface area (Å²) in [4.78, 5) is 12.8. The van der Waals surface area contributed by atoms with E-state index in [0.717, 1.165) is 6.54 Å². The molecule has 0 amide bonds. The summed E-state index contributed by atoms with van der Waals surface area (Å²) in [6.45, 7) is 3.89. The minimum absolute atomic E-state index is 0.108. The third-order valence-corrected chi connectivity index (χ3v) is 2.58. The standard InChI is InChI=1S/C12H16ClNO3/c1-2-14(7-8-15)9-17-11-5-3-10(4-6-11)12(13)16/h3-6,15H,2,7-9H2,1H3. The van der Waals surface area contributed by atoms with Crippen LogP contribution in [0.1, 0.15) is 17.3 Å². The monoisotopic (exact) mass is 257 g/mol. The van der Waals surface area contributed by atoms with Crippen molar-refractivity contribution in [2.45, 2.75) is 6.92 Å². The van der Waals surface area contributed by atoms with E-state index in [1.54, 1.807) is 24.3 Å². The van der Waals surface area contributed by atoms with Gasteiger partial charge in [0.05, 0.1) is 6.61 Å². The molecule has 1 aromatic rings. The Labute approximate surface area is 106 Å².